The summed E-state index contributed by atoms with van der Waals surface area (Å²) in [5, 5.41) is 9.10. The van der Waals surface area contributed by atoms with Crippen LogP contribution in [-0.2, 0) is 19.4 Å². The van der Waals surface area contributed by atoms with Gasteiger partial charge in [-0.2, -0.15) is 0 Å². The summed E-state index contributed by atoms with van der Waals surface area (Å²) in [5.74, 6) is 0.804. The minimum atomic E-state index is -3.06. The Bertz CT molecular complexity index is 1080. The molecule has 0 radical (unpaired) electrons. The Hall–Kier alpha value is -2.11. The fraction of sp³-hybridized carbons (Fsp3) is 0.571. The predicted molar refractivity (Wildman–Crippen MR) is 124 cm³/mol. The first kappa shape index (κ1) is 23.1. The predicted octanol–water partition coefficient (Wildman–Crippen LogP) is 1.54. The van der Waals surface area contributed by atoms with Gasteiger partial charge in [0.2, 0.25) is 11.9 Å². The molecular weight excluding hydrogens is 450 g/mol. The lowest BCUT2D eigenvalue weighted by molar-refractivity contribution is -0.130. The maximum atomic E-state index is 13.1. The van der Waals surface area contributed by atoms with Crippen molar-refractivity contribution in [2.75, 3.05) is 49.8 Å². The maximum Gasteiger partial charge on any atom is 0.235 e. The van der Waals surface area contributed by atoms with Crippen LogP contribution < -0.4 is 4.90 Å². The largest absolute Gasteiger partial charge is 0.378 e. The van der Waals surface area contributed by atoms with Crippen molar-refractivity contribution in [3.05, 3.63) is 29.8 Å². The molecule has 2 aromatic rings. The van der Waals surface area contributed by atoms with Crippen LogP contribution in [0.5, 0.6) is 0 Å². The van der Waals surface area contributed by atoms with Crippen molar-refractivity contribution in [2.45, 2.75) is 36.7 Å². The van der Waals surface area contributed by atoms with Gasteiger partial charge in [0.15, 0.2) is 15.0 Å². The van der Waals surface area contributed by atoms with Gasteiger partial charge >= 0.3 is 0 Å². The lowest BCUT2D eigenvalue weighted by atomic mass is 10.2. The summed E-state index contributed by atoms with van der Waals surface area (Å²) in [6, 6.07) is 7.75. The van der Waals surface area contributed by atoms with Gasteiger partial charge in [-0.25, -0.2) is 8.42 Å². The van der Waals surface area contributed by atoms with E-state index in [1.165, 1.54) is 11.8 Å². The molecule has 1 aromatic carbocycles. The van der Waals surface area contributed by atoms with Crippen LogP contribution in [0.1, 0.15) is 18.9 Å². The molecule has 0 aliphatic carbocycles. The van der Waals surface area contributed by atoms with E-state index in [4.69, 9.17) is 4.74 Å². The molecule has 2 aliphatic heterocycles. The van der Waals surface area contributed by atoms with Crippen molar-refractivity contribution < 1.29 is 17.9 Å². The SMILES string of the molecule is Cc1ccccc1-n1c(S[C@@H](C)C(=O)N(C)[C@@H]2CCS(=O)(=O)C2)nnc1N1CCOCC1. The summed E-state index contributed by atoms with van der Waals surface area (Å²) in [4.78, 5) is 16.8. The number of rotatable bonds is 6. The standard InChI is InChI=1S/C21H29N5O4S2/c1-15-6-4-5-7-18(15)26-20(25-9-11-30-12-10-25)22-23-21(26)31-16(2)19(27)24(3)17-8-13-32(28,29)14-17/h4-7,16-17H,8-14H2,1-3H3/t16-,17+/m0/s1. The zero-order valence-electron chi connectivity index (χ0n) is 18.6. The zero-order valence-corrected chi connectivity index (χ0v) is 20.2. The fourth-order valence-electron chi connectivity index (χ4n) is 4.09. The number of ether oxygens (including phenoxy) is 1. The molecule has 0 saturated carbocycles. The average Bonchev–Trinajstić information content (AvgIpc) is 3.36. The van der Waals surface area contributed by atoms with E-state index in [0.717, 1.165) is 30.3 Å². The number of carbonyl (C=O) groups excluding carboxylic acids is 1. The molecule has 11 heteroatoms. The number of amides is 1. The molecule has 0 unspecified atom stereocenters. The van der Waals surface area contributed by atoms with E-state index >= 15 is 0 Å². The minimum Gasteiger partial charge on any atom is -0.378 e. The number of hydrogen-bond acceptors (Lipinski definition) is 8. The van der Waals surface area contributed by atoms with Crippen LogP contribution in [0.2, 0.25) is 0 Å². The van der Waals surface area contributed by atoms with Crippen molar-refractivity contribution in [3.8, 4) is 5.69 Å². The molecule has 2 saturated heterocycles. The van der Waals surface area contributed by atoms with E-state index in [-0.39, 0.29) is 23.5 Å². The van der Waals surface area contributed by atoms with Gasteiger partial charge in [0.25, 0.3) is 0 Å². The first-order chi connectivity index (χ1) is 15.3. The summed E-state index contributed by atoms with van der Waals surface area (Å²) >= 11 is 1.34. The lowest BCUT2D eigenvalue weighted by Gasteiger charge is -2.28. The molecule has 1 amide bonds. The van der Waals surface area contributed by atoms with Crippen molar-refractivity contribution in [1.82, 2.24) is 19.7 Å². The Morgan fingerprint density at radius 2 is 1.97 bits per heavy atom. The van der Waals surface area contributed by atoms with Gasteiger partial charge in [-0.15, -0.1) is 10.2 Å². The van der Waals surface area contributed by atoms with E-state index in [9.17, 15) is 13.2 Å². The third-order valence-corrected chi connectivity index (χ3v) is 8.78. The second kappa shape index (κ2) is 9.40. The molecule has 9 nitrogen and oxygen atoms in total. The van der Waals surface area contributed by atoms with Crippen molar-refractivity contribution in [1.29, 1.82) is 0 Å². The Morgan fingerprint density at radius 1 is 1.25 bits per heavy atom. The molecule has 4 rings (SSSR count). The van der Waals surface area contributed by atoms with E-state index in [0.29, 0.717) is 24.8 Å². The second-order valence-corrected chi connectivity index (χ2v) is 11.8. The van der Waals surface area contributed by atoms with Gasteiger partial charge in [0.05, 0.1) is 35.7 Å². The molecular formula is C21H29N5O4S2. The van der Waals surface area contributed by atoms with Crippen molar-refractivity contribution >= 4 is 33.5 Å². The van der Waals surface area contributed by atoms with Crippen LogP contribution in [0, 0.1) is 6.92 Å². The smallest absolute Gasteiger partial charge is 0.235 e. The third-order valence-electron chi connectivity index (χ3n) is 6.00. The molecule has 2 atom stereocenters. The number of para-hydroxylation sites is 1. The van der Waals surface area contributed by atoms with Gasteiger partial charge in [-0.3, -0.25) is 9.36 Å². The van der Waals surface area contributed by atoms with Crippen LogP contribution in [-0.4, -0.2) is 90.1 Å². The molecule has 0 N–H and O–H groups in total. The van der Waals surface area contributed by atoms with Crippen LogP contribution in [0.3, 0.4) is 0 Å². The molecule has 0 bridgehead atoms. The zero-order chi connectivity index (χ0) is 22.9. The van der Waals surface area contributed by atoms with E-state index in [2.05, 4.69) is 15.1 Å². The van der Waals surface area contributed by atoms with Crippen LogP contribution in [0.25, 0.3) is 5.69 Å². The monoisotopic (exact) mass is 479 g/mol. The van der Waals surface area contributed by atoms with E-state index in [1.807, 2.05) is 42.7 Å². The number of carbonyl (C=O) groups is 1. The molecule has 3 heterocycles. The second-order valence-electron chi connectivity index (χ2n) is 8.27. The summed E-state index contributed by atoms with van der Waals surface area (Å²) in [6.45, 7) is 6.58. The fourth-order valence-corrected chi connectivity index (χ4v) is 6.82. The average molecular weight is 480 g/mol. The Kier molecular flexibility index (Phi) is 6.78. The van der Waals surface area contributed by atoms with Crippen LogP contribution in [0.15, 0.2) is 29.4 Å². The van der Waals surface area contributed by atoms with Crippen LogP contribution in [0.4, 0.5) is 5.95 Å². The summed E-state index contributed by atoms with van der Waals surface area (Å²) in [5.41, 5.74) is 2.05. The first-order valence-electron chi connectivity index (χ1n) is 10.7. The number of aryl methyl sites for hydroxylation is 1. The summed E-state index contributed by atoms with van der Waals surface area (Å²) < 4.78 is 31.2. The first-order valence-corrected chi connectivity index (χ1v) is 13.4. The topological polar surface area (TPSA) is 97.6 Å². The number of thioether (sulfide) groups is 1. The Labute approximate surface area is 193 Å². The molecule has 2 aliphatic rings. The van der Waals surface area contributed by atoms with E-state index < -0.39 is 15.1 Å². The molecule has 0 spiro atoms. The number of anilines is 1. The van der Waals surface area contributed by atoms with E-state index in [1.54, 1.807) is 11.9 Å². The number of sulfone groups is 1. The number of nitrogens with zero attached hydrogens (tertiary/aromatic N) is 5. The van der Waals surface area contributed by atoms with Crippen molar-refractivity contribution in [2.24, 2.45) is 0 Å². The van der Waals surface area contributed by atoms with Gasteiger partial charge in [-0.1, -0.05) is 30.0 Å². The quantitative estimate of drug-likeness (QED) is 0.576. The molecule has 1 aromatic heterocycles. The summed E-state index contributed by atoms with van der Waals surface area (Å²) in [7, 11) is -1.37. The highest BCUT2D eigenvalue weighted by Gasteiger charge is 2.35. The highest BCUT2D eigenvalue weighted by atomic mass is 32.2. The van der Waals surface area contributed by atoms with Crippen LogP contribution >= 0.6 is 11.8 Å². The third kappa shape index (κ3) is 4.79. The maximum absolute atomic E-state index is 13.1. The lowest BCUT2D eigenvalue weighted by Crippen LogP contribution is -2.41. The van der Waals surface area contributed by atoms with Gasteiger partial charge in [-0.05, 0) is 31.9 Å². The van der Waals surface area contributed by atoms with Gasteiger partial charge in [0, 0.05) is 26.2 Å². The molecule has 2 fully saturated rings. The number of benzene rings is 1. The minimum absolute atomic E-state index is 0.0349. The van der Waals surface area contributed by atoms with Crippen molar-refractivity contribution in [3.63, 3.8) is 0 Å². The normalized spacial score (nSPS) is 21.5. The Morgan fingerprint density at radius 3 is 2.62 bits per heavy atom. The van der Waals surface area contributed by atoms with Gasteiger partial charge in [0.1, 0.15) is 0 Å². The molecule has 32 heavy (non-hydrogen) atoms. The summed E-state index contributed by atoms with van der Waals surface area (Å²) in [6.07, 6.45) is 0.489. The number of morpholine rings is 1. The molecule has 174 valence electrons. The number of aromatic nitrogens is 3. The van der Waals surface area contributed by atoms with Gasteiger partial charge < -0.3 is 14.5 Å². The highest BCUT2D eigenvalue weighted by Crippen LogP contribution is 2.32. The Balaban J connectivity index is 1.60. The number of hydrogen-bond donors (Lipinski definition) is 0. The highest BCUT2D eigenvalue weighted by molar-refractivity contribution is 8.00.